The van der Waals surface area contributed by atoms with Crippen LogP contribution in [0.5, 0.6) is 0 Å². The third-order valence-electron chi connectivity index (χ3n) is 5.38. The van der Waals surface area contributed by atoms with Crippen molar-refractivity contribution in [3.05, 3.63) is 48.0 Å². The van der Waals surface area contributed by atoms with Gasteiger partial charge in [0.2, 0.25) is 5.91 Å². The Balaban J connectivity index is 1.81. The average Bonchev–Trinajstić information content (AvgIpc) is 2.73. The zero-order valence-corrected chi connectivity index (χ0v) is 17.8. The second-order valence-corrected chi connectivity index (χ2v) is 8.28. The molecule has 1 heterocycles. The van der Waals surface area contributed by atoms with Gasteiger partial charge in [-0.25, -0.2) is 10.4 Å². The largest absolute Gasteiger partial charge is 0.475 e. The van der Waals surface area contributed by atoms with Crippen LogP contribution in [-0.2, 0) is 16.0 Å². The Morgan fingerprint density at radius 1 is 1.13 bits per heavy atom. The van der Waals surface area contributed by atoms with Crippen LogP contribution in [0.4, 0.5) is 0 Å². The van der Waals surface area contributed by atoms with E-state index in [1.807, 2.05) is 43.1 Å². The molecule has 1 saturated heterocycles. The summed E-state index contributed by atoms with van der Waals surface area (Å²) in [5.41, 5.74) is 4.41. The lowest BCUT2D eigenvalue weighted by Crippen LogP contribution is -2.58. The van der Waals surface area contributed by atoms with Crippen molar-refractivity contribution in [3.63, 3.8) is 0 Å². The highest BCUT2D eigenvalue weighted by Gasteiger charge is 2.30. The molecule has 0 unspecified atom stereocenters. The average molecular weight is 413 g/mol. The van der Waals surface area contributed by atoms with Gasteiger partial charge in [-0.15, -0.1) is 0 Å². The summed E-state index contributed by atoms with van der Waals surface area (Å²) in [5.74, 6) is -0.729. The highest BCUT2D eigenvalue weighted by molar-refractivity contribution is 6.43. The number of ether oxygens (including phenoxy) is 1. The molecule has 1 fully saturated rings. The Morgan fingerprint density at radius 3 is 2.53 bits per heavy atom. The second kappa shape index (κ2) is 10.9. The summed E-state index contributed by atoms with van der Waals surface area (Å²) in [5, 5.41) is 26.6. The van der Waals surface area contributed by atoms with E-state index in [9.17, 15) is 14.8 Å². The van der Waals surface area contributed by atoms with Gasteiger partial charge in [-0.05, 0) is 35.1 Å². The van der Waals surface area contributed by atoms with Crippen LogP contribution >= 0.6 is 0 Å². The van der Waals surface area contributed by atoms with Gasteiger partial charge in [-0.1, -0.05) is 56.3 Å². The zero-order chi connectivity index (χ0) is 21.5. The first-order valence-corrected chi connectivity index (χ1v) is 10.7. The summed E-state index contributed by atoms with van der Waals surface area (Å²) in [6.45, 7) is 6.58. The van der Waals surface area contributed by atoms with E-state index in [0.29, 0.717) is 39.1 Å². The van der Waals surface area contributed by atoms with E-state index < -0.39 is 19.1 Å². The van der Waals surface area contributed by atoms with Crippen LogP contribution < -0.4 is 10.7 Å². The molecule has 1 amide bonds. The lowest BCUT2D eigenvalue weighted by Gasteiger charge is -2.32. The number of amides is 1. The Hall–Kier alpha value is -1.97. The van der Waals surface area contributed by atoms with Gasteiger partial charge in [0.05, 0.1) is 19.2 Å². The first kappa shape index (κ1) is 22.7. The SMILES string of the molecule is CC(C)C[C@H](NC(=O)[C@H](Cc1cccc2ccccc12)NN1CCOCC1)B(O)O. The molecule has 7 nitrogen and oxygen atoms in total. The highest BCUT2D eigenvalue weighted by atomic mass is 16.5. The molecule has 0 spiro atoms. The maximum Gasteiger partial charge on any atom is 0.475 e. The van der Waals surface area contributed by atoms with Crippen molar-refractivity contribution >= 4 is 23.8 Å². The number of fused-ring (bicyclic) bond motifs is 1. The van der Waals surface area contributed by atoms with Crippen LogP contribution in [0.15, 0.2) is 42.5 Å². The molecular weight excluding hydrogens is 381 g/mol. The summed E-state index contributed by atoms with van der Waals surface area (Å²) >= 11 is 0. The molecule has 8 heteroatoms. The van der Waals surface area contributed by atoms with E-state index in [-0.39, 0.29) is 11.8 Å². The molecule has 3 rings (SSSR count). The Labute approximate surface area is 178 Å². The number of rotatable bonds is 9. The Bertz CT molecular complexity index is 822. The third kappa shape index (κ3) is 6.26. The van der Waals surface area contributed by atoms with Crippen LogP contribution in [0.3, 0.4) is 0 Å². The maximum atomic E-state index is 13.2. The zero-order valence-electron chi connectivity index (χ0n) is 17.8. The van der Waals surface area contributed by atoms with Crippen LogP contribution in [0.1, 0.15) is 25.8 Å². The van der Waals surface area contributed by atoms with E-state index >= 15 is 0 Å². The van der Waals surface area contributed by atoms with Crippen molar-refractivity contribution < 1.29 is 19.6 Å². The van der Waals surface area contributed by atoms with Crippen molar-refractivity contribution in [2.75, 3.05) is 26.3 Å². The third-order valence-corrected chi connectivity index (χ3v) is 5.38. The molecule has 0 radical (unpaired) electrons. The predicted molar refractivity (Wildman–Crippen MR) is 119 cm³/mol. The van der Waals surface area contributed by atoms with Gasteiger partial charge in [0.25, 0.3) is 0 Å². The summed E-state index contributed by atoms with van der Waals surface area (Å²) < 4.78 is 5.41. The molecule has 0 saturated carbocycles. The lowest BCUT2D eigenvalue weighted by molar-refractivity contribution is -0.125. The summed E-state index contributed by atoms with van der Waals surface area (Å²) in [7, 11) is -1.60. The minimum Gasteiger partial charge on any atom is -0.426 e. The number of benzene rings is 2. The van der Waals surface area contributed by atoms with Gasteiger partial charge in [-0.3, -0.25) is 4.79 Å². The molecule has 162 valence electrons. The van der Waals surface area contributed by atoms with Crippen molar-refractivity contribution in [3.8, 4) is 0 Å². The topological polar surface area (TPSA) is 94.1 Å². The molecule has 2 aromatic rings. The normalized spacial score (nSPS) is 17.1. The van der Waals surface area contributed by atoms with Crippen molar-refractivity contribution in [1.29, 1.82) is 0 Å². The van der Waals surface area contributed by atoms with Crippen LogP contribution in [0.25, 0.3) is 10.8 Å². The van der Waals surface area contributed by atoms with Gasteiger partial charge in [0, 0.05) is 13.1 Å². The first-order chi connectivity index (χ1) is 14.4. The molecule has 1 aliphatic rings. The molecule has 2 aromatic carbocycles. The van der Waals surface area contributed by atoms with Crippen molar-refractivity contribution in [1.82, 2.24) is 15.8 Å². The van der Waals surface area contributed by atoms with Crippen LogP contribution in [0, 0.1) is 5.92 Å². The molecular formula is C22H32BN3O4. The van der Waals surface area contributed by atoms with Crippen LogP contribution in [-0.4, -0.2) is 66.4 Å². The van der Waals surface area contributed by atoms with E-state index in [1.165, 1.54) is 0 Å². The number of carbonyl (C=O) groups is 1. The number of hydrogen-bond donors (Lipinski definition) is 4. The van der Waals surface area contributed by atoms with Gasteiger partial charge in [0.1, 0.15) is 6.04 Å². The smallest absolute Gasteiger partial charge is 0.426 e. The second-order valence-electron chi connectivity index (χ2n) is 8.28. The Kier molecular flexibility index (Phi) is 8.24. The van der Waals surface area contributed by atoms with Gasteiger partial charge in [0.15, 0.2) is 0 Å². The van der Waals surface area contributed by atoms with E-state index in [1.54, 1.807) is 0 Å². The summed E-state index contributed by atoms with van der Waals surface area (Å²) in [4.78, 5) is 13.2. The van der Waals surface area contributed by atoms with E-state index in [2.05, 4.69) is 28.9 Å². The van der Waals surface area contributed by atoms with Crippen LogP contribution in [0.2, 0.25) is 0 Å². The monoisotopic (exact) mass is 413 g/mol. The number of nitrogens with one attached hydrogen (secondary N) is 2. The molecule has 0 aromatic heterocycles. The number of hydrogen-bond acceptors (Lipinski definition) is 6. The quantitative estimate of drug-likeness (QED) is 0.461. The van der Waals surface area contributed by atoms with Gasteiger partial charge < -0.3 is 20.1 Å². The number of carbonyl (C=O) groups excluding carboxylic acids is 1. The fourth-order valence-corrected chi connectivity index (χ4v) is 3.85. The van der Waals surface area contributed by atoms with Crippen molar-refractivity contribution in [2.45, 2.75) is 38.7 Å². The number of nitrogens with zero attached hydrogens (tertiary/aromatic N) is 1. The molecule has 30 heavy (non-hydrogen) atoms. The molecule has 0 bridgehead atoms. The predicted octanol–water partition coefficient (Wildman–Crippen LogP) is 1.13. The minimum atomic E-state index is -1.60. The fourth-order valence-electron chi connectivity index (χ4n) is 3.85. The summed E-state index contributed by atoms with van der Waals surface area (Å²) in [6, 6.07) is 13.7. The number of hydrazine groups is 1. The van der Waals surface area contributed by atoms with E-state index in [4.69, 9.17) is 4.74 Å². The minimum absolute atomic E-state index is 0.223. The maximum absolute atomic E-state index is 13.2. The highest BCUT2D eigenvalue weighted by Crippen LogP contribution is 2.20. The Morgan fingerprint density at radius 2 is 1.83 bits per heavy atom. The lowest BCUT2D eigenvalue weighted by atomic mass is 9.75. The molecule has 2 atom stereocenters. The van der Waals surface area contributed by atoms with Crippen molar-refractivity contribution in [2.24, 2.45) is 5.92 Å². The molecule has 0 aliphatic carbocycles. The molecule has 4 N–H and O–H groups in total. The van der Waals surface area contributed by atoms with Gasteiger partial charge in [-0.2, -0.15) is 0 Å². The van der Waals surface area contributed by atoms with Gasteiger partial charge >= 0.3 is 7.12 Å². The fraction of sp³-hybridized carbons (Fsp3) is 0.500. The summed E-state index contributed by atoms with van der Waals surface area (Å²) in [6.07, 6.45) is 0.975. The standard InChI is InChI=1S/C22H32BN3O4/c1-16(2)14-21(23(28)29)24-22(27)20(25-26-10-12-30-13-11-26)15-18-8-5-7-17-6-3-4-9-19(17)18/h3-9,16,20-21,25,28-29H,10-15H2,1-2H3,(H,24,27)/t20-,21-/m0/s1. The first-order valence-electron chi connectivity index (χ1n) is 10.7. The van der Waals surface area contributed by atoms with E-state index in [0.717, 1.165) is 16.3 Å². The number of morpholine rings is 1. The molecule has 1 aliphatic heterocycles.